The molecule has 1 aliphatic heterocycles. The lowest BCUT2D eigenvalue weighted by atomic mass is 10.0. The number of morpholine rings is 1. The molecule has 1 aromatic carbocycles. The van der Waals surface area contributed by atoms with Gasteiger partial charge in [-0.25, -0.2) is 0 Å². The molecule has 120 valence electrons. The van der Waals surface area contributed by atoms with E-state index in [0.717, 1.165) is 18.4 Å². The van der Waals surface area contributed by atoms with Gasteiger partial charge in [-0.1, -0.05) is 35.9 Å². The zero-order valence-corrected chi connectivity index (χ0v) is 13.4. The monoisotopic (exact) mass is 303 g/mol. The minimum atomic E-state index is -0.266. The van der Waals surface area contributed by atoms with Crippen LogP contribution in [0.1, 0.15) is 25.8 Å². The van der Waals surface area contributed by atoms with Crippen molar-refractivity contribution in [2.24, 2.45) is 0 Å². The molecule has 1 aliphatic rings. The average Bonchev–Trinajstić information content (AvgIpc) is 2.54. The molecule has 4 heteroatoms. The van der Waals surface area contributed by atoms with Gasteiger partial charge < -0.3 is 14.7 Å². The highest BCUT2D eigenvalue weighted by molar-refractivity contribution is 5.88. The molecular formula is C18H25NO3. The van der Waals surface area contributed by atoms with E-state index in [1.165, 1.54) is 5.56 Å². The van der Waals surface area contributed by atoms with Gasteiger partial charge in [0.2, 0.25) is 5.91 Å². The smallest absolute Gasteiger partial charge is 0.246 e. The van der Waals surface area contributed by atoms with E-state index < -0.39 is 0 Å². The SMILES string of the molecule is C/C(=C/C(=O)N1CC(CO)OCC1C)CCc1ccccc1. The molecule has 2 atom stereocenters. The van der Waals surface area contributed by atoms with Crippen LogP contribution in [0, 0.1) is 0 Å². The number of nitrogens with zero attached hydrogens (tertiary/aromatic N) is 1. The molecule has 0 bridgehead atoms. The van der Waals surface area contributed by atoms with Crippen molar-refractivity contribution >= 4 is 5.91 Å². The van der Waals surface area contributed by atoms with Crippen LogP contribution in [0.25, 0.3) is 0 Å². The van der Waals surface area contributed by atoms with Crippen LogP contribution < -0.4 is 0 Å². The van der Waals surface area contributed by atoms with E-state index in [-0.39, 0.29) is 24.7 Å². The topological polar surface area (TPSA) is 49.8 Å². The maximum absolute atomic E-state index is 12.4. The Hall–Kier alpha value is -1.65. The lowest BCUT2D eigenvalue weighted by Gasteiger charge is -2.37. The van der Waals surface area contributed by atoms with Crippen LogP contribution in [0.3, 0.4) is 0 Å². The summed E-state index contributed by atoms with van der Waals surface area (Å²) in [6.07, 6.45) is 3.27. The second kappa shape index (κ2) is 8.11. The Morgan fingerprint density at radius 2 is 2.14 bits per heavy atom. The number of aliphatic hydroxyl groups is 1. The fraction of sp³-hybridized carbons (Fsp3) is 0.500. The first-order chi connectivity index (χ1) is 10.6. The van der Waals surface area contributed by atoms with E-state index in [1.807, 2.05) is 32.0 Å². The van der Waals surface area contributed by atoms with Crippen LogP contribution in [0.5, 0.6) is 0 Å². The lowest BCUT2D eigenvalue weighted by Crippen LogP contribution is -2.51. The number of carbonyl (C=O) groups is 1. The fourth-order valence-electron chi connectivity index (χ4n) is 2.59. The Bertz CT molecular complexity index is 512. The van der Waals surface area contributed by atoms with Crippen LogP contribution >= 0.6 is 0 Å². The summed E-state index contributed by atoms with van der Waals surface area (Å²) in [7, 11) is 0. The molecule has 0 aromatic heterocycles. The van der Waals surface area contributed by atoms with Crippen molar-refractivity contribution in [2.75, 3.05) is 19.8 Å². The highest BCUT2D eigenvalue weighted by Gasteiger charge is 2.28. The summed E-state index contributed by atoms with van der Waals surface area (Å²) in [5, 5.41) is 9.19. The largest absolute Gasteiger partial charge is 0.394 e. The standard InChI is InChI=1S/C18H25NO3/c1-14(8-9-16-6-4-3-5-7-16)10-18(21)19-11-17(12-20)22-13-15(19)2/h3-7,10,15,17,20H,8-9,11-13H2,1-2H3/b14-10-. The van der Waals surface area contributed by atoms with Gasteiger partial charge in [0, 0.05) is 12.6 Å². The summed E-state index contributed by atoms with van der Waals surface area (Å²) in [6.45, 7) is 4.86. The molecule has 22 heavy (non-hydrogen) atoms. The van der Waals surface area contributed by atoms with Crippen LogP contribution in [-0.2, 0) is 16.0 Å². The maximum atomic E-state index is 12.4. The summed E-state index contributed by atoms with van der Waals surface area (Å²) < 4.78 is 5.47. The summed E-state index contributed by atoms with van der Waals surface area (Å²) in [4.78, 5) is 14.2. The number of hydrogen-bond acceptors (Lipinski definition) is 3. The van der Waals surface area contributed by atoms with Crippen molar-refractivity contribution in [1.29, 1.82) is 0 Å². The van der Waals surface area contributed by atoms with E-state index in [0.29, 0.717) is 13.2 Å². The maximum Gasteiger partial charge on any atom is 0.246 e. The van der Waals surface area contributed by atoms with Gasteiger partial charge in [0.05, 0.1) is 25.4 Å². The fourth-order valence-corrected chi connectivity index (χ4v) is 2.59. The number of aryl methyl sites for hydroxylation is 1. The molecule has 1 amide bonds. The first kappa shape index (κ1) is 16.7. The first-order valence-corrected chi connectivity index (χ1v) is 7.84. The molecule has 0 radical (unpaired) electrons. The third kappa shape index (κ3) is 4.68. The van der Waals surface area contributed by atoms with Crippen LogP contribution in [0.2, 0.25) is 0 Å². The molecule has 4 nitrogen and oxygen atoms in total. The second-order valence-corrected chi connectivity index (χ2v) is 5.95. The normalized spacial score (nSPS) is 22.7. The number of ether oxygens (including phenoxy) is 1. The molecule has 0 spiro atoms. The van der Waals surface area contributed by atoms with E-state index in [4.69, 9.17) is 4.74 Å². The third-order valence-electron chi connectivity index (χ3n) is 4.01. The number of carbonyl (C=O) groups excluding carboxylic acids is 1. The average molecular weight is 303 g/mol. The number of allylic oxidation sites excluding steroid dienone is 1. The third-order valence-corrected chi connectivity index (χ3v) is 4.01. The van der Waals surface area contributed by atoms with Crippen molar-refractivity contribution in [3.8, 4) is 0 Å². The predicted octanol–water partition coefficient (Wildman–Crippen LogP) is 2.17. The molecule has 1 heterocycles. The zero-order chi connectivity index (χ0) is 15.9. The van der Waals surface area contributed by atoms with Crippen molar-refractivity contribution < 1.29 is 14.6 Å². The van der Waals surface area contributed by atoms with Crippen molar-refractivity contribution in [1.82, 2.24) is 4.90 Å². The lowest BCUT2D eigenvalue weighted by molar-refractivity contribution is -0.141. The van der Waals surface area contributed by atoms with E-state index >= 15 is 0 Å². The van der Waals surface area contributed by atoms with Gasteiger partial charge in [0.15, 0.2) is 0 Å². The molecule has 2 rings (SSSR count). The molecule has 1 saturated heterocycles. The highest BCUT2D eigenvalue weighted by Crippen LogP contribution is 2.14. The van der Waals surface area contributed by atoms with Gasteiger partial charge in [-0.2, -0.15) is 0 Å². The summed E-state index contributed by atoms with van der Waals surface area (Å²) in [5.74, 6) is 0.0137. The van der Waals surface area contributed by atoms with Gasteiger partial charge in [0.1, 0.15) is 0 Å². The number of hydrogen-bond donors (Lipinski definition) is 1. The van der Waals surface area contributed by atoms with Gasteiger partial charge in [-0.15, -0.1) is 0 Å². The Morgan fingerprint density at radius 1 is 1.41 bits per heavy atom. The minimum absolute atomic E-state index is 0.0137. The number of amides is 1. The van der Waals surface area contributed by atoms with E-state index in [1.54, 1.807) is 11.0 Å². The minimum Gasteiger partial charge on any atom is -0.394 e. The zero-order valence-electron chi connectivity index (χ0n) is 13.4. The summed E-state index contributed by atoms with van der Waals surface area (Å²) in [5.41, 5.74) is 2.36. The first-order valence-electron chi connectivity index (χ1n) is 7.84. The molecule has 1 N–H and O–H groups in total. The van der Waals surface area contributed by atoms with Gasteiger partial charge in [0.25, 0.3) is 0 Å². The summed E-state index contributed by atoms with van der Waals surface area (Å²) >= 11 is 0. The van der Waals surface area contributed by atoms with Crippen molar-refractivity contribution in [3.05, 3.63) is 47.5 Å². The molecule has 2 unspecified atom stereocenters. The number of benzene rings is 1. The molecule has 0 aliphatic carbocycles. The number of aliphatic hydroxyl groups excluding tert-OH is 1. The number of rotatable bonds is 5. The summed E-state index contributed by atoms with van der Waals surface area (Å²) in [6, 6.07) is 10.3. The van der Waals surface area contributed by atoms with Crippen LogP contribution in [0.4, 0.5) is 0 Å². The molecule has 0 saturated carbocycles. The Labute approximate surface area is 132 Å². The van der Waals surface area contributed by atoms with Crippen LogP contribution in [0.15, 0.2) is 42.0 Å². The Balaban J connectivity index is 1.90. The molecule has 1 fully saturated rings. The Morgan fingerprint density at radius 3 is 2.82 bits per heavy atom. The predicted molar refractivity (Wildman–Crippen MR) is 86.5 cm³/mol. The van der Waals surface area contributed by atoms with Gasteiger partial charge >= 0.3 is 0 Å². The highest BCUT2D eigenvalue weighted by atomic mass is 16.5. The Kier molecular flexibility index (Phi) is 6.16. The second-order valence-electron chi connectivity index (χ2n) is 5.95. The quantitative estimate of drug-likeness (QED) is 0.848. The van der Waals surface area contributed by atoms with Gasteiger partial charge in [-0.3, -0.25) is 4.79 Å². The van der Waals surface area contributed by atoms with Crippen LogP contribution in [-0.4, -0.2) is 47.8 Å². The van der Waals surface area contributed by atoms with E-state index in [2.05, 4.69) is 12.1 Å². The molecule has 1 aromatic rings. The van der Waals surface area contributed by atoms with Gasteiger partial charge in [-0.05, 0) is 32.3 Å². The van der Waals surface area contributed by atoms with E-state index in [9.17, 15) is 9.90 Å². The van der Waals surface area contributed by atoms with Crippen molar-refractivity contribution in [3.63, 3.8) is 0 Å². The molecular weight excluding hydrogens is 278 g/mol. The van der Waals surface area contributed by atoms with Crippen molar-refractivity contribution in [2.45, 2.75) is 38.8 Å².